The fraction of sp³-hybridized carbons (Fsp3) is 0.571. The van der Waals surface area contributed by atoms with Gasteiger partial charge in [0.15, 0.2) is 6.10 Å². The topological polar surface area (TPSA) is 44.0 Å². The molecule has 0 saturated carbocycles. The van der Waals surface area contributed by atoms with Crippen molar-refractivity contribution in [2.75, 3.05) is 5.88 Å². The van der Waals surface area contributed by atoms with Gasteiger partial charge in [-0.2, -0.15) is 5.26 Å². The van der Waals surface area contributed by atoms with Crippen LogP contribution in [0.15, 0.2) is 46.6 Å². The molecular weight excluding hydrogens is 318 g/mol. The lowest BCUT2D eigenvalue weighted by molar-refractivity contribution is 0.254. The zero-order valence-electron chi connectivity index (χ0n) is 15.8. The maximum Gasteiger partial charge on any atom is 0.162 e. The number of rotatable bonds is 10. The highest BCUT2D eigenvalue weighted by atomic mass is 35.5. The molecular formula is C21H32ClNO. The van der Waals surface area contributed by atoms with Crippen LogP contribution in [-0.2, 0) is 0 Å². The Bertz CT molecular complexity index is 533. The molecule has 0 bridgehead atoms. The van der Waals surface area contributed by atoms with Gasteiger partial charge < -0.3 is 5.11 Å². The van der Waals surface area contributed by atoms with E-state index in [2.05, 4.69) is 32.9 Å². The summed E-state index contributed by atoms with van der Waals surface area (Å²) >= 11 is 5.76. The molecule has 0 aromatic carbocycles. The lowest BCUT2D eigenvalue weighted by Crippen LogP contribution is -2.11. The van der Waals surface area contributed by atoms with Crippen LogP contribution >= 0.6 is 11.6 Å². The van der Waals surface area contributed by atoms with Gasteiger partial charge in [-0.25, -0.2) is 0 Å². The molecule has 0 aliphatic heterocycles. The lowest BCUT2D eigenvalue weighted by atomic mass is 9.97. The van der Waals surface area contributed by atoms with Gasteiger partial charge in [0.25, 0.3) is 0 Å². The Hall–Kier alpha value is -1.30. The summed E-state index contributed by atoms with van der Waals surface area (Å²) in [5.74, 6) is 0.773. The summed E-state index contributed by atoms with van der Waals surface area (Å²) in [6, 6.07) is 1.90. The fourth-order valence-corrected chi connectivity index (χ4v) is 2.35. The van der Waals surface area contributed by atoms with Crippen LogP contribution in [0.4, 0.5) is 0 Å². The van der Waals surface area contributed by atoms with Gasteiger partial charge >= 0.3 is 0 Å². The number of allylic oxidation sites excluding steroid dienone is 7. The van der Waals surface area contributed by atoms with Crippen LogP contribution in [-0.4, -0.2) is 17.1 Å². The van der Waals surface area contributed by atoms with E-state index >= 15 is 0 Å². The second-order valence-electron chi connectivity index (χ2n) is 6.68. The molecule has 3 heteroatoms. The van der Waals surface area contributed by atoms with Gasteiger partial charge in [-0.3, -0.25) is 0 Å². The van der Waals surface area contributed by atoms with Crippen molar-refractivity contribution in [3.8, 4) is 6.07 Å². The van der Waals surface area contributed by atoms with E-state index in [0.717, 1.165) is 31.3 Å². The monoisotopic (exact) mass is 349 g/mol. The molecule has 0 saturated heterocycles. The predicted octanol–water partition coefficient (Wildman–Crippen LogP) is 6.09. The van der Waals surface area contributed by atoms with E-state index in [9.17, 15) is 5.11 Å². The predicted molar refractivity (Wildman–Crippen MR) is 105 cm³/mol. The van der Waals surface area contributed by atoms with E-state index < -0.39 is 6.10 Å². The first-order valence-electron chi connectivity index (χ1n) is 8.63. The number of hydrogen-bond acceptors (Lipinski definition) is 2. The molecule has 134 valence electrons. The second-order valence-corrected chi connectivity index (χ2v) is 6.95. The van der Waals surface area contributed by atoms with Crippen molar-refractivity contribution in [2.24, 2.45) is 5.92 Å². The zero-order valence-corrected chi connectivity index (χ0v) is 16.5. The van der Waals surface area contributed by atoms with Crippen molar-refractivity contribution in [1.29, 1.82) is 5.26 Å². The second kappa shape index (κ2) is 13.0. The van der Waals surface area contributed by atoms with Gasteiger partial charge in [0.1, 0.15) is 0 Å². The van der Waals surface area contributed by atoms with Crippen molar-refractivity contribution in [3.63, 3.8) is 0 Å². The Morgan fingerprint density at radius 3 is 2.04 bits per heavy atom. The quantitative estimate of drug-likeness (QED) is 0.224. The number of hydrogen-bond donors (Lipinski definition) is 1. The normalized spacial score (nSPS) is 15.6. The van der Waals surface area contributed by atoms with Crippen LogP contribution in [0, 0.1) is 17.2 Å². The van der Waals surface area contributed by atoms with Crippen LogP contribution in [0.3, 0.4) is 0 Å². The number of nitrogens with zero attached hydrogens (tertiary/aromatic N) is 1. The molecule has 1 unspecified atom stereocenters. The molecule has 0 aliphatic carbocycles. The highest BCUT2D eigenvalue weighted by molar-refractivity contribution is 6.19. The molecule has 0 aliphatic rings. The molecule has 1 N–H and O–H groups in total. The van der Waals surface area contributed by atoms with Crippen molar-refractivity contribution < 1.29 is 5.11 Å². The smallest absolute Gasteiger partial charge is 0.162 e. The first kappa shape index (κ1) is 22.7. The highest BCUT2D eigenvalue weighted by Crippen LogP contribution is 2.16. The van der Waals surface area contributed by atoms with Gasteiger partial charge in [0, 0.05) is 5.88 Å². The van der Waals surface area contributed by atoms with E-state index in [1.165, 1.54) is 16.7 Å². The Morgan fingerprint density at radius 1 is 1.00 bits per heavy atom. The summed E-state index contributed by atoms with van der Waals surface area (Å²) in [4.78, 5) is 0. The van der Waals surface area contributed by atoms with Gasteiger partial charge in [0.05, 0.1) is 6.07 Å². The van der Waals surface area contributed by atoms with Crippen LogP contribution < -0.4 is 0 Å². The summed E-state index contributed by atoms with van der Waals surface area (Å²) in [5.41, 5.74) is 4.65. The van der Waals surface area contributed by atoms with Crippen LogP contribution in [0.2, 0.25) is 0 Å². The van der Waals surface area contributed by atoms with E-state index in [-0.39, 0.29) is 5.92 Å². The minimum atomic E-state index is -1.01. The average molecular weight is 350 g/mol. The molecule has 0 aromatic heterocycles. The average Bonchev–Trinajstić information content (AvgIpc) is 2.54. The van der Waals surface area contributed by atoms with Crippen LogP contribution in [0.25, 0.3) is 0 Å². The van der Waals surface area contributed by atoms with E-state index in [0.29, 0.717) is 5.88 Å². The Kier molecular flexibility index (Phi) is 12.3. The maximum atomic E-state index is 9.71. The summed E-state index contributed by atoms with van der Waals surface area (Å²) in [5, 5.41) is 18.6. The molecule has 24 heavy (non-hydrogen) atoms. The summed E-state index contributed by atoms with van der Waals surface area (Å²) in [6.45, 7) is 10.3. The minimum Gasteiger partial charge on any atom is -0.374 e. The van der Waals surface area contributed by atoms with Crippen LogP contribution in [0.5, 0.6) is 0 Å². The SMILES string of the molecule is CC(=CCCC(C)=CCCC(C)=CC=C(C(C)C)C(O)C#N)CCl. The third kappa shape index (κ3) is 10.5. The number of aliphatic hydroxyl groups is 1. The maximum absolute atomic E-state index is 9.71. The molecule has 0 fully saturated rings. The highest BCUT2D eigenvalue weighted by Gasteiger charge is 2.12. The summed E-state index contributed by atoms with van der Waals surface area (Å²) in [7, 11) is 0. The third-order valence-electron chi connectivity index (χ3n) is 3.94. The summed E-state index contributed by atoms with van der Waals surface area (Å²) < 4.78 is 0. The largest absolute Gasteiger partial charge is 0.374 e. The zero-order chi connectivity index (χ0) is 18.5. The van der Waals surface area contributed by atoms with Gasteiger partial charge in [-0.1, -0.05) is 54.9 Å². The lowest BCUT2D eigenvalue weighted by Gasteiger charge is -2.11. The van der Waals surface area contributed by atoms with Crippen molar-refractivity contribution in [3.05, 3.63) is 46.6 Å². The molecule has 1 atom stereocenters. The Morgan fingerprint density at radius 2 is 1.54 bits per heavy atom. The van der Waals surface area contributed by atoms with Crippen LogP contribution in [0.1, 0.15) is 60.3 Å². The van der Waals surface area contributed by atoms with Gasteiger partial charge in [0.2, 0.25) is 0 Å². The molecule has 0 aromatic rings. The number of alkyl halides is 1. The number of halogens is 1. The van der Waals surface area contributed by atoms with E-state index in [1.807, 2.05) is 32.1 Å². The first-order valence-corrected chi connectivity index (χ1v) is 9.17. The number of aliphatic hydroxyl groups excluding tert-OH is 1. The molecule has 2 nitrogen and oxygen atoms in total. The summed E-state index contributed by atoms with van der Waals surface area (Å²) in [6.07, 6.45) is 11.5. The van der Waals surface area contributed by atoms with E-state index in [1.54, 1.807) is 0 Å². The minimum absolute atomic E-state index is 0.162. The Labute approximate surface area is 153 Å². The molecule has 0 radical (unpaired) electrons. The van der Waals surface area contributed by atoms with Crippen molar-refractivity contribution in [2.45, 2.75) is 66.4 Å². The third-order valence-corrected chi connectivity index (χ3v) is 4.36. The van der Waals surface area contributed by atoms with Crippen molar-refractivity contribution in [1.82, 2.24) is 0 Å². The van der Waals surface area contributed by atoms with Gasteiger partial charge in [-0.15, -0.1) is 11.6 Å². The molecule has 0 amide bonds. The Balaban J connectivity index is 4.49. The number of nitriles is 1. The first-order chi connectivity index (χ1) is 11.3. The fourth-order valence-electron chi connectivity index (χ4n) is 2.24. The molecule has 0 heterocycles. The standard InChI is InChI=1S/C21H32ClNO/c1-16(2)20(21(24)15-23)13-12-18(4)10-6-8-17(3)9-7-11-19(5)14-22/h8,11-13,16,21,24H,6-7,9-10,14H2,1-5H3. The molecule has 0 rings (SSSR count). The van der Waals surface area contributed by atoms with E-state index in [4.69, 9.17) is 16.9 Å². The van der Waals surface area contributed by atoms with Crippen molar-refractivity contribution >= 4 is 11.6 Å². The van der Waals surface area contributed by atoms with Gasteiger partial charge in [-0.05, 0) is 57.9 Å². The molecule has 0 spiro atoms.